The highest BCUT2D eigenvalue weighted by molar-refractivity contribution is 5.74. The number of imidazole rings is 1. The summed E-state index contributed by atoms with van der Waals surface area (Å²) in [4.78, 5) is 8.99. The van der Waals surface area contributed by atoms with Crippen LogP contribution in [-0.4, -0.2) is 39.1 Å². The first-order valence-electron chi connectivity index (χ1n) is 7.87. The molecule has 8 heteroatoms. The number of pyridine rings is 2. The SMILES string of the molecule is Cn1cc(-c2ccc3nnn(Cc4ccc5nccn5c4)c3n2)cn1. The van der Waals surface area contributed by atoms with Crippen molar-refractivity contribution in [1.29, 1.82) is 0 Å². The highest BCUT2D eigenvalue weighted by Gasteiger charge is 2.10. The monoisotopic (exact) mass is 330 g/mol. The molecule has 0 aliphatic carbocycles. The molecule has 0 spiro atoms. The van der Waals surface area contributed by atoms with Gasteiger partial charge >= 0.3 is 0 Å². The smallest absolute Gasteiger partial charge is 0.179 e. The van der Waals surface area contributed by atoms with Gasteiger partial charge < -0.3 is 4.40 Å². The predicted molar refractivity (Wildman–Crippen MR) is 91.8 cm³/mol. The van der Waals surface area contributed by atoms with Gasteiger partial charge in [0.1, 0.15) is 11.2 Å². The molecule has 0 bridgehead atoms. The lowest BCUT2D eigenvalue weighted by Gasteiger charge is -2.04. The van der Waals surface area contributed by atoms with Crippen molar-refractivity contribution in [2.45, 2.75) is 6.54 Å². The minimum Gasteiger partial charge on any atom is -0.307 e. The first-order chi connectivity index (χ1) is 12.3. The van der Waals surface area contributed by atoms with Crippen molar-refractivity contribution in [2.24, 2.45) is 7.05 Å². The second-order valence-electron chi connectivity index (χ2n) is 5.92. The van der Waals surface area contributed by atoms with Gasteiger partial charge in [-0.1, -0.05) is 11.3 Å². The second kappa shape index (κ2) is 5.23. The quantitative estimate of drug-likeness (QED) is 0.505. The fourth-order valence-electron chi connectivity index (χ4n) is 2.91. The Morgan fingerprint density at radius 2 is 2.04 bits per heavy atom. The molecule has 25 heavy (non-hydrogen) atoms. The first-order valence-corrected chi connectivity index (χ1v) is 7.87. The number of fused-ring (bicyclic) bond motifs is 2. The van der Waals surface area contributed by atoms with Gasteiger partial charge in [-0.25, -0.2) is 14.6 Å². The maximum absolute atomic E-state index is 4.73. The molecule has 5 aromatic heterocycles. The van der Waals surface area contributed by atoms with Crippen molar-refractivity contribution in [2.75, 3.05) is 0 Å². The van der Waals surface area contributed by atoms with Crippen molar-refractivity contribution in [3.05, 3.63) is 60.8 Å². The predicted octanol–water partition coefficient (Wildman–Crippen LogP) is 1.92. The lowest BCUT2D eigenvalue weighted by atomic mass is 10.2. The molecular weight excluding hydrogens is 316 g/mol. The van der Waals surface area contributed by atoms with Crippen LogP contribution in [-0.2, 0) is 13.6 Å². The van der Waals surface area contributed by atoms with E-state index >= 15 is 0 Å². The van der Waals surface area contributed by atoms with Crippen LogP contribution in [0.3, 0.4) is 0 Å². The standard InChI is InChI=1S/C17H14N8/c1-23-11-13(8-19-23)14-3-4-15-17(20-14)25(22-21-15)10-12-2-5-16-18-6-7-24(16)9-12/h2-9,11H,10H2,1H3. The maximum Gasteiger partial charge on any atom is 0.179 e. The normalized spacial score (nSPS) is 11.6. The van der Waals surface area contributed by atoms with E-state index in [1.165, 1.54) is 0 Å². The van der Waals surface area contributed by atoms with Gasteiger partial charge in [-0.05, 0) is 23.8 Å². The molecule has 0 atom stereocenters. The summed E-state index contributed by atoms with van der Waals surface area (Å²) in [5.74, 6) is 0. The zero-order chi connectivity index (χ0) is 16.8. The number of aryl methyl sites for hydroxylation is 1. The van der Waals surface area contributed by atoms with E-state index in [2.05, 4.69) is 20.4 Å². The van der Waals surface area contributed by atoms with Crippen molar-refractivity contribution >= 4 is 16.8 Å². The summed E-state index contributed by atoms with van der Waals surface area (Å²) >= 11 is 0. The van der Waals surface area contributed by atoms with E-state index in [4.69, 9.17) is 4.98 Å². The van der Waals surface area contributed by atoms with Gasteiger partial charge in [0.15, 0.2) is 5.65 Å². The molecule has 0 amide bonds. The summed E-state index contributed by atoms with van der Waals surface area (Å²) in [7, 11) is 1.89. The second-order valence-corrected chi connectivity index (χ2v) is 5.92. The molecule has 0 unspecified atom stereocenters. The summed E-state index contributed by atoms with van der Waals surface area (Å²) in [6.45, 7) is 0.591. The van der Waals surface area contributed by atoms with Crippen LogP contribution in [0, 0.1) is 0 Å². The van der Waals surface area contributed by atoms with E-state index in [0.717, 1.165) is 33.6 Å². The van der Waals surface area contributed by atoms with Crippen LogP contribution < -0.4 is 0 Å². The molecule has 0 aliphatic heterocycles. The highest BCUT2D eigenvalue weighted by atomic mass is 15.4. The van der Waals surface area contributed by atoms with Gasteiger partial charge in [0.05, 0.1) is 18.4 Å². The molecule has 0 fully saturated rings. The molecule has 0 radical (unpaired) electrons. The van der Waals surface area contributed by atoms with E-state index in [1.54, 1.807) is 17.1 Å². The molecule has 0 N–H and O–H groups in total. The Kier molecular flexibility index (Phi) is 2.90. The lowest BCUT2D eigenvalue weighted by molar-refractivity contribution is 0.662. The number of hydrogen-bond acceptors (Lipinski definition) is 5. The van der Waals surface area contributed by atoms with E-state index in [0.29, 0.717) is 6.54 Å². The minimum atomic E-state index is 0.591. The van der Waals surface area contributed by atoms with Gasteiger partial charge in [-0.3, -0.25) is 4.68 Å². The molecule has 0 aliphatic rings. The van der Waals surface area contributed by atoms with Gasteiger partial charge in [0.2, 0.25) is 0 Å². The molecule has 8 nitrogen and oxygen atoms in total. The lowest BCUT2D eigenvalue weighted by Crippen LogP contribution is -2.04. The Labute approximate surface area is 142 Å². The van der Waals surface area contributed by atoms with Crippen LogP contribution >= 0.6 is 0 Å². The van der Waals surface area contributed by atoms with Crippen molar-refractivity contribution in [3.8, 4) is 11.3 Å². The summed E-state index contributed by atoms with van der Waals surface area (Å²) in [5, 5.41) is 12.7. The molecule has 0 saturated carbocycles. The van der Waals surface area contributed by atoms with Crippen LogP contribution in [0.5, 0.6) is 0 Å². The Morgan fingerprint density at radius 1 is 1.08 bits per heavy atom. The largest absolute Gasteiger partial charge is 0.307 e. The van der Waals surface area contributed by atoms with Crippen LogP contribution in [0.25, 0.3) is 28.1 Å². The number of hydrogen-bond donors (Lipinski definition) is 0. The Bertz CT molecular complexity index is 1200. The zero-order valence-corrected chi connectivity index (χ0v) is 13.5. The highest BCUT2D eigenvalue weighted by Crippen LogP contribution is 2.19. The molecule has 5 rings (SSSR count). The summed E-state index contributed by atoms with van der Waals surface area (Å²) in [6, 6.07) is 7.91. The van der Waals surface area contributed by atoms with Crippen LogP contribution in [0.2, 0.25) is 0 Å². The van der Waals surface area contributed by atoms with Crippen LogP contribution in [0.4, 0.5) is 0 Å². The molecule has 0 saturated heterocycles. The van der Waals surface area contributed by atoms with E-state index < -0.39 is 0 Å². The minimum absolute atomic E-state index is 0.591. The van der Waals surface area contributed by atoms with Crippen molar-refractivity contribution < 1.29 is 0 Å². The van der Waals surface area contributed by atoms with Gasteiger partial charge in [0, 0.05) is 37.4 Å². The Morgan fingerprint density at radius 3 is 2.92 bits per heavy atom. The molecule has 122 valence electrons. The fourth-order valence-corrected chi connectivity index (χ4v) is 2.91. The van der Waals surface area contributed by atoms with E-state index in [1.807, 2.05) is 59.0 Å². The average Bonchev–Trinajstić information content (AvgIpc) is 3.34. The van der Waals surface area contributed by atoms with E-state index in [-0.39, 0.29) is 0 Å². The topological polar surface area (TPSA) is 78.7 Å². The van der Waals surface area contributed by atoms with Crippen LogP contribution in [0.1, 0.15) is 5.56 Å². The van der Waals surface area contributed by atoms with E-state index in [9.17, 15) is 0 Å². The Balaban J connectivity index is 1.56. The molecular formula is C17H14N8. The van der Waals surface area contributed by atoms with Gasteiger partial charge in [-0.2, -0.15) is 5.10 Å². The summed E-state index contributed by atoms with van der Waals surface area (Å²) in [6.07, 6.45) is 9.49. The number of rotatable bonds is 3. The Hall–Kier alpha value is -3.55. The number of aromatic nitrogens is 8. The zero-order valence-electron chi connectivity index (χ0n) is 13.5. The average molecular weight is 330 g/mol. The molecule has 5 heterocycles. The first kappa shape index (κ1) is 13.8. The summed E-state index contributed by atoms with van der Waals surface area (Å²) < 4.78 is 5.56. The fraction of sp³-hybridized carbons (Fsp3) is 0.118. The third-order valence-electron chi connectivity index (χ3n) is 4.14. The van der Waals surface area contributed by atoms with Crippen LogP contribution in [0.15, 0.2) is 55.2 Å². The van der Waals surface area contributed by atoms with Gasteiger partial charge in [-0.15, -0.1) is 5.10 Å². The molecule has 5 aromatic rings. The third-order valence-corrected chi connectivity index (χ3v) is 4.14. The van der Waals surface area contributed by atoms with Crippen molar-refractivity contribution in [1.82, 2.24) is 39.1 Å². The molecule has 0 aromatic carbocycles. The third kappa shape index (κ3) is 2.35. The van der Waals surface area contributed by atoms with Crippen molar-refractivity contribution in [3.63, 3.8) is 0 Å². The van der Waals surface area contributed by atoms with Gasteiger partial charge in [0.25, 0.3) is 0 Å². The summed E-state index contributed by atoms with van der Waals surface area (Å²) in [5.41, 5.74) is 5.38. The maximum atomic E-state index is 4.73. The number of nitrogens with zero attached hydrogens (tertiary/aromatic N) is 8.